The Morgan fingerprint density at radius 2 is 1.79 bits per heavy atom. The van der Waals surface area contributed by atoms with E-state index in [9.17, 15) is 18.7 Å². The predicted molar refractivity (Wildman–Crippen MR) is 128 cm³/mol. The van der Waals surface area contributed by atoms with Crippen LogP contribution in [0.15, 0.2) is 36.4 Å². The molecule has 0 saturated heterocycles. The summed E-state index contributed by atoms with van der Waals surface area (Å²) in [4.78, 5) is 10.6. The van der Waals surface area contributed by atoms with Crippen molar-refractivity contribution in [2.24, 2.45) is 5.92 Å². The number of β-amino-alcohol motifs (C(OH)–C–C–N with tert-alkyl or cyclic N) is 1. The van der Waals surface area contributed by atoms with Gasteiger partial charge in [0, 0.05) is 24.1 Å². The van der Waals surface area contributed by atoms with Crippen LogP contribution in [0.2, 0.25) is 0 Å². The van der Waals surface area contributed by atoms with Crippen molar-refractivity contribution < 1.29 is 23.8 Å². The molecule has 0 saturated carbocycles. The molecule has 0 bridgehead atoms. The lowest BCUT2D eigenvalue weighted by atomic mass is 9.88. The molecule has 4 nitrogen and oxygen atoms in total. The van der Waals surface area contributed by atoms with Gasteiger partial charge in [-0.15, -0.1) is 12.4 Å². The third-order valence-electron chi connectivity index (χ3n) is 6.29. The molecule has 2 aromatic carbocycles. The molecule has 2 aromatic rings. The third kappa shape index (κ3) is 7.76. The Morgan fingerprint density at radius 3 is 2.39 bits per heavy atom. The van der Waals surface area contributed by atoms with Gasteiger partial charge in [0.1, 0.15) is 0 Å². The SMILES string of the molecule is CC(C)(CC1Cc2ccccc2C1)NC[C@@H](O)c1cc(CCCCC(=O)O)cc(F)c1F.Cl. The van der Waals surface area contributed by atoms with E-state index in [1.54, 1.807) is 0 Å². The summed E-state index contributed by atoms with van der Waals surface area (Å²) in [6, 6.07) is 11.1. The number of carboxylic acid groups (broad SMARTS) is 1. The van der Waals surface area contributed by atoms with E-state index in [2.05, 4.69) is 43.4 Å². The van der Waals surface area contributed by atoms with E-state index < -0.39 is 23.7 Å². The summed E-state index contributed by atoms with van der Waals surface area (Å²) < 4.78 is 28.5. The molecule has 0 aromatic heterocycles. The number of unbranched alkanes of at least 4 members (excludes halogenated alkanes) is 1. The summed E-state index contributed by atoms with van der Waals surface area (Å²) in [5, 5.41) is 22.7. The molecule has 1 aliphatic carbocycles. The number of hydrogen-bond donors (Lipinski definition) is 3. The zero-order valence-electron chi connectivity index (χ0n) is 19.2. The molecule has 0 radical (unpaired) electrons. The second-order valence-corrected chi connectivity index (χ2v) is 9.61. The molecule has 1 aliphatic rings. The highest BCUT2D eigenvalue weighted by molar-refractivity contribution is 5.85. The Hall–Kier alpha value is -2.02. The van der Waals surface area contributed by atoms with Gasteiger partial charge in [-0.05, 0) is 81.0 Å². The first-order valence-corrected chi connectivity index (χ1v) is 11.3. The Bertz CT molecular complexity index is 926. The molecule has 0 fully saturated rings. The topological polar surface area (TPSA) is 69.6 Å². The quantitative estimate of drug-likeness (QED) is 0.376. The number of aryl methyl sites for hydroxylation is 1. The summed E-state index contributed by atoms with van der Waals surface area (Å²) in [5.41, 5.74) is 3.02. The van der Waals surface area contributed by atoms with Gasteiger partial charge in [-0.25, -0.2) is 8.78 Å². The number of carboxylic acids is 1. The fraction of sp³-hybridized carbons (Fsp3) is 0.500. The predicted octanol–water partition coefficient (Wildman–Crippen LogP) is 5.39. The molecule has 7 heteroatoms. The van der Waals surface area contributed by atoms with Crippen molar-refractivity contribution in [1.82, 2.24) is 5.32 Å². The van der Waals surface area contributed by atoms with Crippen molar-refractivity contribution in [3.05, 3.63) is 70.3 Å². The largest absolute Gasteiger partial charge is 0.481 e. The number of aliphatic hydroxyl groups is 1. The van der Waals surface area contributed by atoms with E-state index in [4.69, 9.17) is 5.11 Å². The lowest BCUT2D eigenvalue weighted by molar-refractivity contribution is -0.137. The van der Waals surface area contributed by atoms with Crippen LogP contribution in [0.25, 0.3) is 0 Å². The number of aliphatic carboxylic acids is 1. The van der Waals surface area contributed by atoms with Crippen LogP contribution in [0, 0.1) is 17.6 Å². The smallest absolute Gasteiger partial charge is 0.303 e. The average Bonchev–Trinajstić information content (AvgIpc) is 3.13. The van der Waals surface area contributed by atoms with Crippen LogP contribution in [0.1, 0.15) is 67.9 Å². The number of hydrogen-bond acceptors (Lipinski definition) is 3. The second kappa shape index (κ2) is 11.9. The first-order chi connectivity index (χ1) is 15.1. The molecule has 1 atom stereocenters. The number of aliphatic hydroxyl groups excluding tert-OH is 1. The molecule has 3 rings (SSSR count). The Labute approximate surface area is 200 Å². The number of halogens is 3. The summed E-state index contributed by atoms with van der Waals surface area (Å²) in [6.07, 6.45) is 3.31. The van der Waals surface area contributed by atoms with Gasteiger partial charge in [0.25, 0.3) is 0 Å². The number of nitrogens with one attached hydrogen (secondary N) is 1. The van der Waals surface area contributed by atoms with Crippen LogP contribution in [-0.4, -0.2) is 28.3 Å². The van der Waals surface area contributed by atoms with Gasteiger partial charge in [-0.1, -0.05) is 30.3 Å². The molecule has 0 amide bonds. The minimum Gasteiger partial charge on any atom is -0.481 e. The zero-order valence-corrected chi connectivity index (χ0v) is 20.1. The van der Waals surface area contributed by atoms with E-state index in [1.165, 1.54) is 17.2 Å². The van der Waals surface area contributed by atoms with Crippen LogP contribution in [0.3, 0.4) is 0 Å². The first kappa shape index (κ1) is 27.2. The van der Waals surface area contributed by atoms with Crippen LogP contribution in [0.4, 0.5) is 8.78 Å². The maximum Gasteiger partial charge on any atom is 0.303 e. The van der Waals surface area contributed by atoms with E-state index in [-0.39, 0.29) is 36.5 Å². The minimum absolute atomic E-state index is 0. The Kier molecular flexibility index (Phi) is 9.83. The van der Waals surface area contributed by atoms with Crippen LogP contribution in [0.5, 0.6) is 0 Å². The molecule has 182 valence electrons. The number of rotatable bonds is 11. The molecular formula is C26H34ClF2NO3. The van der Waals surface area contributed by atoms with Crippen molar-refractivity contribution in [2.45, 2.75) is 70.4 Å². The van der Waals surface area contributed by atoms with Crippen molar-refractivity contribution in [1.29, 1.82) is 0 Å². The lowest BCUT2D eigenvalue weighted by Crippen LogP contribution is -2.43. The first-order valence-electron chi connectivity index (χ1n) is 11.3. The molecule has 0 unspecified atom stereocenters. The highest BCUT2D eigenvalue weighted by atomic mass is 35.5. The van der Waals surface area contributed by atoms with E-state index in [0.717, 1.165) is 25.3 Å². The Morgan fingerprint density at radius 1 is 1.15 bits per heavy atom. The third-order valence-corrected chi connectivity index (χ3v) is 6.29. The van der Waals surface area contributed by atoms with Crippen LogP contribution in [-0.2, 0) is 24.1 Å². The second-order valence-electron chi connectivity index (χ2n) is 9.61. The number of fused-ring (bicyclic) bond motifs is 1. The van der Waals surface area contributed by atoms with E-state index in [1.807, 2.05) is 0 Å². The summed E-state index contributed by atoms with van der Waals surface area (Å²) in [5.74, 6) is -2.38. The van der Waals surface area contributed by atoms with Gasteiger partial charge in [0.05, 0.1) is 6.10 Å². The van der Waals surface area contributed by atoms with Crippen molar-refractivity contribution in [3.63, 3.8) is 0 Å². The minimum atomic E-state index is -1.18. The highest BCUT2D eigenvalue weighted by Gasteiger charge is 2.29. The molecule has 0 aliphatic heterocycles. The average molecular weight is 482 g/mol. The van der Waals surface area contributed by atoms with E-state index >= 15 is 0 Å². The van der Waals surface area contributed by atoms with Crippen LogP contribution < -0.4 is 5.32 Å². The Balaban J connectivity index is 0.00000385. The van der Waals surface area contributed by atoms with E-state index in [0.29, 0.717) is 30.7 Å². The normalized spacial score (nSPS) is 14.6. The van der Waals surface area contributed by atoms with Crippen molar-refractivity contribution >= 4 is 18.4 Å². The maximum absolute atomic E-state index is 14.4. The van der Waals surface area contributed by atoms with Gasteiger partial charge in [-0.2, -0.15) is 0 Å². The van der Waals surface area contributed by atoms with Gasteiger partial charge in [-0.3, -0.25) is 4.79 Å². The molecule has 3 N–H and O–H groups in total. The summed E-state index contributed by atoms with van der Waals surface area (Å²) in [6.45, 7) is 4.25. The fourth-order valence-corrected chi connectivity index (χ4v) is 4.73. The number of carbonyl (C=O) groups is 1. The summed E-state index contributed by atoms with van der Waals surface area (Å²) in [7, 11) is 0. The van der Waals surface area contributed by atoms with Gasteiger partial charge in [0.15, 0.2) is 11.6 Å². The van der Waals surface area contributed by atoms with Gasteiger partial charge < -0.3 is 15.5 Å². The molecular weight excluding hydrogens is 448 g/mol. The van der Waals surface area contributed by atoms with Crippen LogP contribution >= 0.6 is 12.4 Å². The highest BCUT2D eigenvalue weighted by Crippen LogP contribution is 2.32. The monoisotopic (exact) mass is 481 g/mol. The fourth-order valence-electron chi connectivity index (χ4n) is 4.73. The standard InChI is InChI=1S/C26H33F2NO3.ClH/c1-26(2,15-18-11-19-8-4-5-9-20(19)12-18)29-16-23(30)21-13-17(14-22(27)25(21)28)7-3-6-10-24(31)32;/h4-5,8-9,13-14,18,23,29-30H,3,6-7,10-12,15-16H2,1-2H3,(H,31,32);1H/t23-;/m1./s1. The summed E-state index contributed by atoms with van der Waals surface area (Å²) >= 11 is 0. The van der Waals surface area contributed by atoms with Gasteiger partial charge in [0.2, 0.25) is 0 Å². The van der Waals surface area contributed by atoms with Crippen molar-refractivity contribution in [3.8, 4) is 0 Å². The zero-order chi connectivity index (χ0) is 23.3. The van der Waals surface area contributed by atoms with Gasteiger partial charge >= 0.3 is 5.97 Å². The number of benzene rings is 2. The molecule has 33 heavy (non-hydrogen) atoms. The molecule has 0 heterocycles. The maximum atomic E-state index is 14.4. The lowest BCUT2D eigenvalue weighted by Gasteiger charge is -2.30. The molecule has 0 spiro atoms. The van der Waals surface area contributed by atoms with Crippen molar-refractivity contribution in [2.75, 3.05) is 6.54 Å².